The number of anilines is 1. The van der Waals surface area contributed by atoms with Crippen molar-refractivity contribution in [1.82, 2.24) is 9.97 Å². The molecule has 100 valence electrons. The molecule has 1 heterocycles. The molecule has 7 heteroatoms. The number of hydrogen-bond acceptors (Lipinski definition) is 4. The Bertz CT molecular complexity index is 622. The highest BCUT2D eigenvalue weighted by atomic mass is 79.9. The highest BCUT2D eigenvalue weighted by molar-refractivity contribution is 9.11. The molecule has 0 fully saturated rings. The van der Waals surface area contributed by atoms with Gasteiger partial charge in [-0.25, -0.2) is 9.97 Å². The van der Waals surface area contributed by atoms with Gasteiger partial charge in [0, 0.05) is 17.1 Å². The summed E-state index contributed by atoms with van der Waals surface area (Å²) in [4.78, 5) is 8.67. The van der Waals surface area contributed by atoms with Gasteiger partial charge < -0.3 is 10.5 Å². The average Bonchev–Trinajstić information content (AvgIpc) is 2.38. The van der Waals surface area contributed by atoms with E-state index >= 15 is 0 Å². The summed E-state index contributed by atoms with van der Waals surface area (Å²) in [7, 11) is 1.59. The fraction of sp³-hybridized carbons (Fsp3) is 0.167. The highest BCUT2D eigenvalue weighted by Gasteiger charge is 2.13. The molecule has 4 nitrogen and oxygen atoms in total. The number of benzene rings is 1. The van der Waals surface area contributed by atoms with Crippen molar-refractivity contribution in [3.05, 3.63) is 37.9 Å². The zero-order valence-corrected chi connectivity index (χ0v) is 13.9. The molecule has 0 amide bonds. The SMILES string of the molecule is COCc1nc(-c2cc(Br)ccc2Cl)nc(N)c1Br. The first-order valence-electron chi connectivity index (χ1n) is 5.29. The molecule has 2 aromatic rings. The summed E-state index contributed by atoms with van der Waals surface area (Å²) in [6, 6.07) is 5.48. The Kier molecular flexibility index (Phi) is 4.78. The van der Waals surface area contributed by atoms with Crippen LogP contribution in [0.1, 0.15) is 5.69 Å². The minimum Gasteiger partial charge on any atom is -0.383 e. The van der Waals surface area contributed by atoms with Gasteiger partial charge in [-0.3, -0.25) is 0 Å². The van der Waals surface area contributed by atoms with Crippen molar-refractivity contribution in [2.24, 2.45) is 0 Å². The van der Waals surface area contributed by atoms with Crippen molar-refractivity contribution in [1.29, 1.82) is 0 Å². The zero-order chi connectivity index (χ0) is 14.0. The van der Waals surface area contributed by atoms with Gasteiger partial charge in [-0.1, -0.05) is 27.5 Å². The van der Waals surface area contributed by atoms with Gasteiger partial charge in [-0.2, -0.15) is 0 Å². The number of rotatable bonds is 3. The summed E-state index contributed by atoms with van der Waals surface area (Å²) in [5, 5.41) is 0.563. The number of nitrogens with zero attached hydrogens (tertiary/aromatic N) is 2. The molecule has 0 aliphatic rings. The topological polar surface area (TPSA) is 61.0 Å². The second-order valence-corrected chi connectivity index (χ2v) is 5.87. The van der Waals surface area contributed by atoms with Crippen LogP contribution in [0.25, 0.3) is 11.4 Å². The fourth-order valence-electron chi connectivity index (χ4n) is 1.53. The monoisotopic (exact) mass is 405 g/mol. The van der Waals surface area contributed by atoms with Crippen LogP contribution < -0.4 is 5.73 Å². The lowest BCUT2D eigenvalue weighted by atomic mass is 10.2. The maximum atomic E-state index is 6.17. The first kappa shape index (κ1) is 14.7. The van der Waals surface area contributed by atoms with Crippen LogP contribution in [0.2, 0.25) is 5.02 Å². The van der Waals surface area contributed by atoms with Crippen LogP contribution in [0.15, 0.2) is 27.1 Å². The Labute approximate surface area is 132 Å². The third-order valence-electron chi connectivity index (χ3n) is 2.40. The summed E-state index contributed by atoms with van der Waals surface area (Å²) in [5.74, 6) is 0.826. The van der Waals surface area contributed by atoms with Crippen molar-refractivity contribution >= 4 is 49.3 Å². The second-order valence-electron chi connectivity index (χ2n) is 3.75. The summed E-state index contributed by atoms with van der Waals surface area (Å²) in [5.41, 5.74) is 7.27. The van der Waals surface area contributed by atoms with Crippen LogP contribution in [0, 0.1) is 0 Å². The maximum absolute atomic E-state index is 6.17. The molecule has 0 radical (unpaired) electrons. The van der Waals surface area contributed by atoms with E-state index in [1.165, 1.54) is 0 Å². The molecule has 0 unspecified atom stereocenters. The van der Waals surface area contributed by atoms with Crippen molar-refractivity contribution < 1.29 is 4.74 Å². The van der Waals surface area contributed by atoms with Crippen molar-refractivity contribution in [3.8, 4) is 11.4 Å². The first-order chi connectivity index (χ1) is 9.02. The molecular weight excluding hydrogens is 397 g/mol. The van der Waals surface area contributed by atoms with Crippen molar-refractivity contribution in [3.63, 3.8) is 0 Å². The molecule has 19 heavy (non-hydrogen) atoms. The Morgan fingerprint density at radius 2 is 2.05 bits per heavy atom. The predicted octanol–water partition coefficient (Wildman–Crippen LogP) is 4.05. The van der Waals surface area contributed by atoms with Crippen LogP contribution in [0.5, 0.6) is 0 Å². The number of nitrogens with two attached hydrogens (primary N) is 1. The van der Waals surface area contributed by atoms with Crippen LogP contribution >= 0.6 is 43.5 Å². The van der Waals surface area contributed by atoms with Crippen LogP contribution in [0.4, 0.5) is 5.82 Å². The number of methoxy groups -OCH3 is 1. The molecule has 0 aliphatic heterocycles. The van der Waals surface area contributed by atoms with Gasteiger partial charge in [0.1, 0.15) is 5.82 Å². The third kappa shape index (κ3) is 3.25. The summed E-state index contributed by atoms with van der Waals surface area (Å²) < 4.78 is 6.63. The summed E-state index contributed by atoms with van der Waals surface area (Å²) in [6.45, 7) is 0.339. The van der Waals surface area contributed by atoms with E-state index in [2.05, 4.69) is 41.8 Å². The Hall–Kier alpha value is -0.690. The fourth-order valence-corrected chi connectivity index (χ4v) is 2.39. The van der Waals surface area contributed by atoms with Crippen LogP contribution in [0.3, 0.4) is 0 Å². The molecule has 0 spiro atoms. The molecule has 1 aromatic carbocycles. The van der Waals surface area contributed by atoms with Gasteiger partial charge in [0.2, 0.25) is 0 Å². The molecule has 0 saturated carbocycles. The molecule has 1 aromatic heterocycles. The number of nitrogen functional groups attached to an aromatic ring is 1. The third-order valence-corrected chi connectivity index (χ3v) is 4.08. The average molecular weight is 407 g/mol. The second kappa shape index (κ2) is 6.17. The van der Waals surface area contributed by atoms with Crippen LogP contribution in [-0.4, -0.2) is 17.1 Å². The number of aromatic nitrogens is 2. The largest absolute Gasteiger partial charge is 0.383 e. The first-order valence-corrected chi connectivity index (χ1v) is 7.25. The Morgan fingerprint density at radius 3 is 2.74 bits per heavy atom. The van der Waals surface area contributed by atoms with Gasteiger partial charge in [-0.05, 0) is 34.1 Å². The van der Waals surface area contributed by atoms with Gasteiger partial charge in [0.25, 0.3) is 0 Å². The van der Waals surface area contributed by atoms with Crippen molar-refractivity contribution in [2.45, 2.75) is 6.61 Å². The van der Waals surface area contributed by atoms with E-state index in [9.17, 15) is 0 Å². The summed E-state index contributed by atoms with van der Waals surface area (Å²) >= 11 is 12.9. The minimum atomic E-state index is 0.339. The van der Waals surface area contributed by atoms with E-state index < -0.39 is 0 Å². The molecule has 2 rings (SSSR count). The van der Waals surface area contributed by atoms with E-state index in [0.717, 1.165) is 4.47 Å². The van der Waals surface area contributed by atoms with Gasteiger partial charge >= 0.3 is 0 Å². The van der Waals surface area contributed by atoms with E-state index in [0.29, 0.717) is 39.0 Å². The molecule has 0 atom stereocenters. The number of halogens is 3. The standard InChI is InChI=1S/C12H10Br2ClN3O/c1-19-5-9-10(14)11(16)18-12(17-9)7-4-6(13)2-3-8(7)15/h2-4H,5H2,1H3,(H2,16,17,18). The van der Waals surface area contributed by atoms with Gasteiger partial charge in [-0.15, -0.1) is 0 Å². The molecular formula is C12H10Br2ClN3O. The number of ether oxygens (including phenoxy) is 1. The maximum Gasteiger partial charge on any atom is 0.163 e. The van der Waals surface area contributed by atoms with Crippen LogP contribution in [-0.2, 0) is 11.3 Å². The molecule has 2 N–H and O–H groups in total. The van der Waals surface area contributed by atoms with Gasteiger partial charge in [0.05, 0.1) is 21.8 Å². The lowest BCUT2D eigenvalue weighted by Gasteiger charge is -2.09. The lowest BCUT2D eigenvalue weighted by Crippen LogP contribution is -2.04. The van der Waals surface area contributed by atoms with Gasteiger partial charge in [0.15, 0.2) is 5.82 Å². The zero-order valence-electron chi connectivity index (χ0n) is 9.95. The van der Waals surface area contributed by atoms with E-state index in [4.69, 9.17) is 22.1 Å². The van der Waals surface area contributed by atoms with Crippen molar-refractivity contribution in [2.75, 3.05) is 12.8 Å². The highest BCUT2D eigenvalue weighted by Crippen LogP contribution is 2.31. The van der Waals surface area contributed by atoms with E-state index in [-0.39, 0.29) is 0 Å². The molecule has 0 aliphatic carbocycles. The quantitative estimate of drug-likeness (QED) is 0.834. The lowest BCUT2D eigenvalue weighted by molar-refractivity contribution is 0.181. The molecule has 0 bridgehead atoms. The number of hydrogen-bond donors (Lipinski definition) is 1. The predicted molar refractivity (Wildman–Crippen MR) is 83.0 cm³/mol. The van der Waals surface area contributed by atoms with E-state index in [1.807, 2.05) is 12.1 Å². The van der Waals surface area contributed by atoms with E-state index in [1.54, 1.807) is 13.2 Å². The molecule has 0 saturated heterocycles. The summed E-state index contributed by atoms with van der Waals surface area (Å²) in [6.07, 6.45) is 0. The normalized spacial score (nSPS) is 10.7. The Balaban J connectivity index is 2.59. The minimum absolute atomic E-state index is 0.339. The smallest absolute Gasteiger partial charge is 0.163 e. The Morgan fingerprint density at radius 1 is 1.32 bits per heavy atom.